The van der Waals surface area contributed by atoms with Crippen molar-refractivity contribution in [3.8, 4) is 0 Å². The van der Waals surface area contributed by atoms with Crippen molar-refractivity contribution in [3.05, 3.63) is 20.8 Å². The summed E-state index contributed by atoms with van der Waals surface area (Å²) in [7, 11) is 0. The average Bonchev–Trinajstić information content (AvgIpc) is 2.27. The molecule has 1 N–H and O–H groups in total. The van der Waals surface area contributed by atoms with Crippen molar-refractivity contribution in [2.45, 2.75) is 13.0 Å². The zero-order valence-corrected chi connectivity index (χ0v) is 8.28. The molecule has 11 heavy (non-hydrogen) atoms. The van der Waals surface area contributed by atoms with E-state index < -0.39 is 0 Å². The van der Waals surface area contributed by atoms with Gasteiger partial charge in [-0.3, -0.25) is 0 Å². The molecule has 2 rings (SSSR count). The Bertz CT molecular complexity index is 223. The molecule has 0 saturated carbocycles. The Kier molecular flexibility index (Phi) is 3.19. The Labute approximate surface area is 81.2 Å². The number of halogens is 2. The van der Waals surface area contributed by atoms with Gasteiger partial charge in [-0.2, -0.15) is 0 Å². The topological polar surface area (TPSA) is 12.0 Å². The fraction of sp³-hybridized carbons (Fsp3) is 0.429. The Morgan fingerprint density at radius 3 is 3.09 bits per heavy atom. The molecular weight excluding hydrogens is 201 g/mol. The van der Waals surface area contributed by atoms with Crippen LogP contribution in [0.4, 0.5) is 0 Å². The Morgan fingerprint density at radius 2 is 2.36 bits per heavy atom. The number of hydrogen-bond acceptors (Lipinski definition) is 2. The van der Waals surface area contributed by atoms with Gasteiger partial charge in [-0.25, -0.2) is 0 Å². The Morgan fingerprint density at radius 1 is 1.55 bits per heavy atom. The lowest BCUT2D eigenvalue weighted by atomic mass is 10.1. The van der Waals surface area contributed by atoms with Gasteiger partial charge >= 0.3 is 0 Å². The number of fused-ring (bicyclic) bond motifs is 1. The summed E-state index contributed by atoms with van der Waals surface area (Å²) in [5.74, 6) is 0. The number of nitrogens with one attached hydrogen (secondary N) is 1. The van der Waals surface area contributed by atoms with Gasteiger partial charge in [0.1, 0.15) is 0 Å². The molecule has 1 nitrogen and oxygen atoms in total. The lowest BCUT2D eigenvalue weighted by molar-refractivity contribution is 0.653. The summed E-state index contributed by atoms with van der Waals surface area (Å²) in [4.78, 5) is 1.46. The molecule has 0 bridgehead atoms. The van der Waals surface area contributed by atoms with Crippen LogP contribution in [0.3, 0.4) is 0 Å². The van der Waals surface area contributed by atoms with Gasteiger partial charge in [-0.05, 0) is 18.1 Å². The summed E-state index contributed by atoms with van der Waals surface area (Å²) in [6.45, 7) is 2.10. The van der Waals surface area contributed by atoms with Crippen LogP contribution in [-0.2, 0) is 13.0 Å². The first-order valence-electron chi connectivity index (χ1n) is 3.34. The third-order valence-corrected chi connectivity index (χ3v) is 3.08. The third-order valence-electron chi connectivity index (χ3n) is 1.71. The predicted octanol–water partition coefficient (Wildman–Crippen LogP) is 2.47. The van der Waals surface area contributed by atoms with Gasteiger partial charge in [0.25, 0.3) is 0 Å². The van der Waals surface area contributed by atoms with Crippen LogP contribution in [0.15, 0.2) is 6.07 Å². The van der Waals surface area contributed by atoms with Gasteiger partial charge in [-0.15, -0.1) is 23.7 Å². The highest BCUT2D eigenvalue weighted by Crippen LogP contribution is 2.28. The van der Waals surface area contributed by atoms with E-state index in [4.69, 9.17) is 11.6 Å². The summed E-state index contributed by atoms with van der Waals surface area (Å²) < 4.78 is 0.925. The summed E-state index contributed by atoms with van der Waals surface area (Å²) in [5.41, 5.74) is 1.39. The maximum absolute atomic E-state index is 5.84. The molecule has 0 aromatic carbocycles. The zero-order chi connectivity index (χ0) is 6.97. The minimum atomic E-state index is 0. The van der Waals surface area contributed by atoms with Gasteiger partial charge < -0.3 is 5.32 Å². The molecule has 0 spiro atoms. The van der Waals surface area contributed by atoms with Gasteiger partial charge in [0.05, 0.1) is 4.34 Å². The number of hydrogen-bond donors (Lipinski definition) is 1. The first kappa shape index (κ1) is 9.33. The van der Waals surface area contributed by atoms with Crippen LogP contribution in [0.2, 0.25) is 4.34 Å². The Balaban J connectivity index is 0.000000605. The van der Waals surface area contributed by atoms with Crippen molar-refractivity contribution in [2.75, 3.05) is 6.54 Å². The first-order chi connectivity index (χ1) is 4.86. The van der Waals surface area contributed by atoms with E-state index in [1.165, 1.54) is 10.4 Å². The van der Waals surface area contributed by atoms with E-state index in [9.17, 15) is 0 Å². The second-order valence-electron chi connectivity index (χ2n) is 2.43. The molecule has 1 aromatic rings. The first-order valence-corrected chi connectivity index (χ1v) is 4.53. The predicted molar refractivity (Wildman–Crippen MR) is 52.0 cm³/mol. The SMILES string of the molecule is Cl.Clc1cc2c(s1)CCNC2. The normalized spacial score (nSPS) is 15.4. The maximum Gasteiger partial charge on any atom is 0.0934 e. The van der Waals surface area contributed by atoms with Crippen molar-refractivity contribution in [1.29, 1.82) is 0 Å². The van der Waals surface area contributed by atoms with E-state index >= 15 is 0 Å². The van der Waals surface area contributed by atoms with Crippen LogP contribution in [-0.4, -0.2) is 6.54 Å². The molecule has 0 saturated heterocycles. The van der Waals surface area contributed by atoms with E-state index in [0.29, 0.717) is 0 Å². The number of thiophene rings is 1. The molecule has 0 unspecified atom stereocenters. The molecule has 0 radical (unpaired) electrons. The summed E-state index contributed by atoms with van der Waals surface area (Å²) >= 11 is 7.56. The number of rotatable bonds is 0. The molecule has 1 aliphatic heterocycles. The Hall–Kier alpha value is 0.240. The average molecular weight is 210 g/mol. The van der Waals surface area contributed by atoms with Crippen molar-refractivity contribution >= 4 is 35.3 Å². The molecule has 2 heterocycles. The molecule has 0 aliphatic carbocycles. The summed E-state index contributed by atoms with van der Waals surface area (Å²) in [5, 5.41) is 3.30. The van der Waals surface area contributed by atoms with Crippen LogP contribution in [0, 0.1) is 0 Å². The van der Waals surface area contributed by atoms with E-state index in [1.807, 2.05) is 0 Å². The van der Waals surface area contributed by atoms with E-state index in [0.717, 1.165) is 23.8 Å². The van der Waals surface area contributed by atoms with Crippen molar-refractivity contribution in [1.82, 2.24) is 5.32 Å². The van der Waals surface area contributed by atoms with Crippen LogP contribution in [0.25, 0.3) is 0 Å². The van der Waals surface area contributed by atoms with Crippen LogP contribution >= 0.6 is 35.3 Å². The van der Waals surface area contributed by atoms with Gasteiger partial charge in [0, 0.05) is 18.0 Å². The maximum atomic E-state index is 5.84. The largest absolute Gasteiger partial charge is 0.312 e. The minimum absolute atomic E-state index is 0. The lowest BCUT2D eigenvalue weighted by Crippen LogP contribution is -2.21. The highest BCUT2D eigenvalue weighted by Gasteiger charge is 2.10. The molecule has 0 atom stereocenters. The van der Waals surface area contributed by atoms with Gasteiger partial charge in [-0.1, -0.05) is 11.6 Å². The quantitative estimate of drug-likeness (QED) is 0.693. The third kappa shape index (κ3) is 1.88. The van der Waals surface area contributed by atoms with Crippen molar-refractivity contribution in [2.24, 2.45) is 0 Å². The summed E-state index contributed by atoms with van der Waals surface area (Å²) in [6, 6.07) is 2.06. The smallest absolute Gasteiger partial charge is 0.0934 e. The van der Waals surface area contributed by atoms with E-state index in [1.54, 1.807) is 11.3 Å². The lowest BCUT2D eigenvalue weighted by Gasteiger charge is -2.10. The molecule has 1 aliphatic rings. The zero-order valence-electron chi connectivity index (χ0n) is 5.89. The molecule has 1 aromatic heterocycles. The second kappa shape index (κ2) is 3.76. The molecule has 4 heteroatoms. The fourth-order valence-electron chi connectivity index (χ4n) is 1.22. The van der Waals surface area contributed by atoms with Crippen molar-refractivity contribution < 1.29 is 0 Å². The van der Waals surface area contributed by atoms with E-state index in [-0.39, 0.29) is 12.4 Å². The summed E-state index contributed by atoms with van der Waals surface area (Å²) in [6.07, 6.45) is 1.15. The van der Waals surface area contributed by atoms with Gasteiger partial charge in [0.15, 0.2) is 0 Å². The van der Waals surface area contributed by atoms with Crippen LogP contribution < -0.4 is 5.32 Å². The van der Waals surface area contributed by atoms with E-state index in [2.05, 4.69) is 11.4 Å². The highest BCUT2D eigenvalue weighted by molar-refractivity contribution is 7.16. The highest BCUT2D eigenvalue weighted by atomic mass is 35.5. The standard InChI is InChI=1S/C7H8ClNS.ClH/c8-7-3-5-4-9-2-1-6(5)10-7;/h3,9H,1-2,4H2;1H. The van der Waals surface area contributed by atoms with Crippen LogP contribution in [0.5, 0.6) is 0 Å². The minimum Gasteiger partial charge on any atom is -0.312 e. The monoisotopic (exact) mass is 209 g/mol. The molecule has 62 valence electrons. The van der Waals surface area contributed by atoms with Crippen molar-refractivity contribution in [3.63, 3.8) is 0 Å². The van der Waals surface area contributed by atoms with Crippen LogP contribution in [0.1, 0.15) is 10.4 Å². The molecule has 0 amide bonds. The molecular formula is C7H9Cl2NS. The fourth-order valence-corrected chi connectivity index (χ4v) is 2.53. The molecule has 0 fully saturated rings. The second-order valence-corrected chi connectivity index (χ2v) is 4.19. The van der Waals surface area contributed by atoms with Gasteiger partial charge in [0.2, 0.25) is 0 Å².